The second-order valence-electron chi connectivity index (χ2n) is 10.7. The molecule has 2 amide bonds. The molecule has 0 saturated carbocycles. The minimum absolute atomic E-state index is 0.0501. The van der Waals surface area contributed by atoms with Crippen LogP contribution < -0.4 is 16.4 Å². The van der Waals surface area contributed by atoms with Crippen molar-refractivity contribution in [2.75, 3.05) is 26.2 Å². The first-order valence-corrected chi connectivity index (χ1v) is 14.3. The van der Waals surface area contributed by atoms with Crippen LogP contribution in [-0.2, 0) is 4.79 Å². The minimum atomic E-state index is -0.370. The number of nitrogens with two attached hydrogens (primary N) is 1. The summed E-state index contributed by atoms with van der Waals surface area (Å²) in [7, 11) is 0. The van der Waals surface area contributed by atoms with Crippen LogP contribution in [0.3, 0.4) is 0 Å². The molecule has 1 fully saturated rings. The van der Waals surface area contributed by atoms with Gasteiger partial charge in [0.05, 0.1) is 6.04 Å². The molecular formula is C34H37FN4O2. The van der Waals surface area contributed by atoms with Crippen LogP contribution >= 0.6 is 0 Å². The van der Waals surface area contributed by atoms with Crippen molar-refractivity contribution in [1.29, 1.82) is 0 Å². The molecule has 1 aliphatic rings. The number of nitrogens with one attached hydrogen (secondary N) is 2. The van der Waals surface area contributed by atoms with E-state index in [1.807, 2.05) is 41.3 Å². The van der Waals surface area contributed by atoms with E-state index in [0.717, 1.165) is 17.2 Å². The van der Waals surface area contributed by atoms with Gasteiger partial charge in [-0.1, -0.05) is 72.8 Å². The van der Waals surface area contributed by atoms with Gasteiger partial charge < -0.3 is 21.3 Å². The molecule has 1 aliphatic heterocycles. The van der Waals surface area contributed by atoms with Crippen molar-refractivity contribution >= 4 is 22.6 Å². The van der Waals surface area contributed by atoms with Crippen LogP contribution in [0.5, 0.6) is 0 Å². The number of hydrogen-bond acceptors (Lipinski definition) is 4. The van der Waals surface area contributed by atoms with Gasteiger partial charge in [0, 0.05) is 37.2 Å². The maximum absolute atomic E-state index is 13.8. The molecule has 41 heavy (non-hydrogen) atoms. The van der Waals surface area contributed by atoms with Crippen LogP contribution in [0.4, 0.5) is 4.39 Å². The Morgan fingerprint density at radius 1 is 0.951 bits per heavy atom. The quantitative estimate of drug-likeness (QED) is 0.263. The molecule has 2 atom stereocenters. The molecular weight excluding hydrogens is 515 g/mol. The molecule has 1 saturated heterocycles. The first-order valence-electron chi connectivity index (χ1n) is 14.3. The zero-order chi connectivity index (χ0) is 28.6. The molecule has 4 N–H and O–H groups in total. The number of benzene rings is 4. The molecule has 5 rings (SSSR count). The Bertz CT molecular complexity index is 1420. The highest BCUT2D eigenvalue weighted by Crippen LogP contribution is 2.27. The molecule has 0 bridgehead atoms. The third-order valence-corrected chi connectivity index (χ3v) is 7.87. The van der Waals surface area contributed by atoms with Gasteiger partial charge in [0.1, 0.15) is 5.82 Å². The standard InChI is InChI=1S/C34H37FN4O2/c35-29-16-15-26-20-28(14-13-27(26)21-29)33(40)37-22-30-17-19-39(34(41)32(38-30)12-7-18-36)23-31(24-8-3-1-4-9-24)25-10-5-2-6-11-25/h1-6,8-11,13-16,20-21,30-32,38H,7,12,17-19,22-23,36H2,(H,37,40)/t30-,32-/m0/s1. The Balaban J connectivity index is 1.29. The van der Waals surface area contributed by atoms with Crippen molar-refractivity contribution in [2.24, 2.45) is 5.73 Å². The molecule has 0 unspecified atom stereocenters. The first-order chi connectivity index (χ1) is 20.0. The fourth-order valence-corrected chi connectivity index (χ4v) is 5.62. The van der Waals surface area contributed by atoms with Crippen molar-refractivity contribution in [3.8, 4) is 0 Å². The number of fused-ring (bicyclic) bond motifs is 1. The predicted octanol–water partition coefficient (Wildman–Crippen LogP) is 4.84. The van der Waals surface area contributed by atoms with E-state index >= 15 is 0 Å². The largest absolute Gasteiger partial charge is 0.350 e. The maximum Gasteiger partial charge on any atom is 0.251 e. The van der Waals surface area contributed by atoms with Gasteiger partial charge in [-0.15, -0.1) is 0 Å². The third kappa shape index (κ3) is 7.17. The molecule has 7 heteroatoms. The summed E-state index contributed by atoms with van der Waals surface area (Å²) in [4.78, 5) is 28.8. The SMILES string of the molecule is NCCC[C@@H]1N[C@H](CNC(=O)c2ccc3cc(F)ccc3c2)CCN(CC(c2ccccc2)c2ccccc2)C1=O. The maximum atomic E-state index is 13.8. The van der Waals surface area contributed by atoms with Crippen LogP contribution in [0.2, 0.25) is 0 Å². The highest BCUT2D eigenvalue weighted by atomic mass is 19.1. The Kier molecular flexibility index (Phi) is 9.39. The summed E-state index contributed by atoms with van der Waals surface area (Å²) >= 11 is 0. The molecule has 4 aromatic carbocycles. The Hall–Kier alpha value is -4.07. The summed E-state index contributed by atoms with van der Waals surface area (Å²) in [5.74, 6) is -0.377. The number of amides is 2. The van der Waals surface area contributed by atoms with E-state index in [9.17, 15) is 14.0 Å². The van der Waals surface area contributed by atoms with Gasteiger partial charge in [-0.05, 0) is 72.0 Å². The molecule has 0 aliphatic carbocycles. The second-order valence-corrected chi connectivity index (χ2v) is 10.7. The summed E-state index contributed by atoms with van der Waals surface area (Å²) in [5.41, 5.74) is 8.67. The number of nitrogens with zero attached hydrogens (tertiary/aromatic N) is 1. The summed E-state index contributed by atoms with van der Waals surface area (Å²) in [6, 6.07) is 29.9. The lowest BCUT2D eigenvalue weighted by Gasteiger charge is -2.29. The van der Waals surface area contributed by atoms with Gasteiger partial charge in [-0.3, -0.25) is 9.59 Å². The molecule has 1 heterocycles. The normalized spacial score (nSPS) is 17.5. The Morgan fingerprint density at radius 2 is 1.61 bits per heavy atom. The fourth-order valence-electron chi connectivity index (χ4n) is 5.62. The molecule has 6 nitrogen and oxygen atoms in total. The minimum Gasteiger partial charge on any atom is -0.350 e. The van der Waals surface area contributed by atoms with Crippen LogP contribution in [0, 0.1) is 5.82 Å². The molecule has 4 aromatic rings. The molecule has 212 valence electrons. The number of hydrogen-bond donors (Lipinski definition) is 3. The molecule has 0 aromatic heterocycles. The molecule has 0 radical (unpaired) electrons. The van der Waals surface area contributed by atoms with Crippen molar-refractivity contribution in [3.63, 3.8) is 0 Å². The van der Waals surface area contributed by atoms with E-state index < -0.39 is 0 Å². The molecule has 0 spiro atoms. The summed E-state index contributed by atoms with van der Waals surface area (Å²) in [6.45, 7) is 2.06. The van der Waals surface area contributed by atoms with Crippen LogP contribution in [0.1, 0.15) is 46.7 Å². The smallest absolute Gasteiger partial charge is 0.251 e. The predicted molar refractivity (Wildman–Crippen MR) is 161 cm³/mol. The first kappa shape index (κ1) is 28.5. The van der Waals surface area contributed by atoms with Crippen molar-refractivity contribution in [1.82, 2.24) is 15.5 Å². The number of carbonyl (C=O) groups excluding carboxylic acids is 2. The third-order valence-electron chi connectivity index (χ3n) is 7.87. The average molecular weight is 553 g/mol. The van der Waals surface area contributed by atoms with E-state index in [1.165, 1.54) is 23.3 Å². The lowest BCUT2D eigenvalue weighted by atomic mass is 9.90. The second kappa shape index (κ2) is 13.5. The topological polar surface area (TPSA) is 87.5 Å². The van der Waals surface area contributed by atoms with Gasteiger partial charge >= 0.3 is 0 Å². The fraction of sp³-hybridized carbons (Fsp3) is 0.294. The van der Waals surface area contributed by atoms with E-state index in [-0.39, 0.29) is 35.6 Å². The zero-order valence-electron chi connectivity index (χ0n) is 23.1. The van der Waals surface area contributed by atoms with Gasteiger partial charge in [0.15, 0.2) is 0 Å². The van der Waals surface area contributed by atoms with Crippen LogP contribution in [-0.4, -0.2) is 55.0 Å². The Labute approximate surface area is 240 Å². The van der Waals surface area contributed by atoms with Crippen molar-refractivity contribution in [2.45, 2.75) is 37.3 Å². The zero-order valence-corrected chi connectivity index (χ0v) is 23.1. The lowest BCUT2D eigenvalue weighted by Crippen LogP contribution is -2.49. The van der Waals surface area contributed by atoms with Crippen molar-refractivity contribution in [3.05, 3.63) is 120 Å². The monoisotopic (exact) mass is 552 g/mol. The van der Waals surface area contributed by atoms with Gasteiger partial charge in [0.2, 0.25) is 5.91 Å². The van der Waals surface area contributed by atoms with E-state index in [1.54, 1.807) is 24.3 Å². The highest BCUT2D eigenvalue weighted by Gasteiger charge is 2.32. The van der Waals surface area contributed by atoms with Gasteiger partial charge in [-0.25, -0.2) is 4.39 Å². The van der Waals surface area contributed by atoms with E-state index in [2.05, 4.69) is 34.9 Å². The number of rotatable bonds is 10. The van der Waals surface area contributed by atoms with Gasteiger partial charge in [0.25, 0.3) is 5.91 Å². The number of carbonyl (C=O) groups is 2. The summed E-state index contributed by atoms with van der Waals surface area (Å²) in [5, 5.41) is 8.12. The van der Waals surface area contributed by atoms with Crippen LogP contribution in [0.15, 0.2) is 97.1 Å². The summed E-state index contributed by atoms with van der Waals surface area (Å²) in [6.07, 6.45) is 2.08. The summed E-state index contributed by atoms with van der Waals surface area (Å²) < 4.78 is 13.5. The van der Waals surface area contributed by atoms with Crippen molar-refractivity contribution < 1.29 is 14.0 Å². The van der Waals surface area contributed by atoms with Crippen LogP contribution in [0.25, 0.3) is 10.8 Å². The average Bonchev–Trinajstić information content (AvgIpc) is 3.16. The lowest BCUT2D eigenvalue weighted by molar-refractivity contribution is -0.133. The Morgan fingerprint density at radius 3 is 2.29 bits per heavy atom. The van der Waals surface area contributed by atoms with E-state index in [4.69, 9.17) is 5.73 Å². The number of halogens is 1. The van der Waals surface area contributed by atoms with Gasteiger partial charge in [-0.2, -0.15) is 0 Å². The van der Waals surface area contributed by atoms with E-state index in [0.29, 0.717) is 44.6 Å². The highest BCUT2D eigenvalue weighted by molar-refractivity contribution is 5.98.